The van der Waals surface area contributed by atoms with E-state index in [9.17, 15) is 4.79 Å². The monoisotopic (exact) mass is 264 g/mol. The maximum Gasteiger partial charge on any atom is 0.419 e. The number of ether oxygens (including phenoxy) is 1. The van der Waals surface area contributed by atoms with Crippen molar-refractivity contribution in [1.82, 2.24) is 9.88 Å². The molecule has 0 aliphatic rings. The van der Waals surface area contributed by atoms with E-state index in [0.717, 1.165) is 38.1 Å². The molecule has 0 bridgehead atoms. The molecule has 0 amide bonds. The van der Waals surface area contributed by atoms with Crippen LogP contribution in [0.4, 0.5) is 0 Å². The van der Waals surface area contributed by atoms with Gasteiger partial charge < -0.3 is 14.5 Å². The Morgan fingerprint density at radius 2 is 2.11 bits per heavy atom. The van der Waals surface area contributed by atoms with Crippen LogP contribution in [0, 0.1) is 0 Å². The molecule has 1 N–H and O–H groups in total. The summed E-state index contributed by atoms with van der Waals surface area (Å²) in [6.07, 6.45) is 1.97. The molecule has 1 aromatic carbocycles. The molecule has 5 nitrogen and oxygen atoms in total. The van der Waals surface area contributed by atoms with E-state index in [4.69, 9.17) is 9.15 Å². The zero-order valence-electron chi connectivity index (χ0n) is 11.2. The number of unbranched alkanes of at least 4 members (excludes halogenated alkanes) is 1. The lowest BCUT2D eigenvalue weighted by Gasteiger charge is -2.04. The topological polar surface area (TPSA) is 56.4 Å². The van der Waals surface area contributed by atoms with Gasteiger partial charge in [-0.1, -0.05) is 12.1 Å². The van der Waals surface area contributed by atoms with Crippen LogP contribution in [-0.4, -0.2) is 31.4 Å². The van der Waals surface area contributed by atoms with Crippen molar-refractivity contribution in [3.05, 3.63) is 34.8 Å². The molecule has 104 valence electrons. The Morgan fingerprint density at radius 1 is 1.26 bits per heavy atom. The van der Waals surface area contributed by atoms with Crippen LogP contribution in [0.25, 0.3) is 11.1 Å². The highest BCUT2D eigenvalue weighted by molar-refractivity contribution is 5.72. The van der Waals surface area contributed by atoms with Crippen molar-refractivity contribution in [1.29, 1.82) is 0 Å². The van der Waals surface area contributed by atoms with Crippen molar-refractivity contribution in [3.8, 4) is 0 Å². The highest BCUT2D eigenvalue weighted by Gasteiger charge is 2.07. The second-order valence-corrected chi connectivity index (χ2v) is 4.44. The van der Waals surface area contributed by atoms with E-state index in [0.29, 0.717) is 12.1 Å². The molecule has 5 heteroatoms. The molecule has 0 saturated carbocycles. The number of hydrogen-bond acceptors (Lipinski definition) is 4. The molecule has 2 rings (SSSR count). The number of oxazole rings is 1. The van der Waals surface area contributed by atoms with E-state index in [-0.39, 0.29) is 5.76 Å². The van der Waals surface area contributed by atoms with Crippen LogP contribution in [-0.2, 0) is 11.3 Å². The zero-order chi connectivity index (χ0) is 13.5. The summed E-state index contributed by atoms with van der Waals surface area (Å²) in [5, 5.41) is 3.28. The molecular formula is C14H20N2O3. The molecule has 0 fully saturated rings. The van der Waals surface area contributed by atoms with Crippen LogP contribution in [0.5, 0.6) is 0 Å². The fourth-order valence-corrected chi connectivity index (χ4v) is 2.04. The number of nitrogens with zero attached hydrogens (tertiary/aromatic N) is 1. The van der Waals surface area contributed by atoms with Crippen molar-refractivity contribution in [2.24, 2.45) is 0 Å². The van der Waals surface area contributed by atoms with Crippen molar-refractivity contribution in [2.75, 3.05) is 26.8 Å². The quantitative estimate of drug-likeness (QED) is 0.736. The number of nitrogens with one attached hydrogen (secondary N) is 1. The number of methoxy groups -OCH3 is 1. The van der Waals surface area contributed by atoms with E-state index < -0.39 is 0 Å². The Bertz CT molecular complexity index is 559. The molecule has 0 spiro atoms. The molecule has 2 aromatic rings. The second-order valence-electron chi connectivity index (χ2n) is 4.44. The van der Waals surface area contributed by atoms with Crippen molar-refractivity contribution in [3.63, 3.8) is 0 Å². The molecule has 19 heavy (non-hydrogen) atoms. The van der Waals surface area contributed by atoms with Gasteiger partial charge in [0.05, 0.1) is 12.1 Å². The van der Waals surface area contributed by atoms with Gasteiger partial charge in [0.25, 0.3) is 0 Å². The fourth-order valence-electron chi connectivity index (χ4n) is 2.04. The average Bonchev–Trinajstić information content (AvgIpc) is 2.74. The maximum atomic E-state index is 11.7. The lowest BCUT2D eigenvalue weighted by atomic mass is 10.3. The molecule has 1 heterocycles. The number of rotatable bonds is 8. The Morgan fingerprint density at radius 3 is 2.95 bits per heavy atom. The summed E-state index contributed by atoms with van der Waals surface area (Å²) in [4.78, 5) is 11.7. The number of aryl methyl sites for hydroxylation is 1. The van der Waals surface area contributed by atoms with Crippen LogP contribution in [0.15, 0.2) is 33.5 Å². The van der Waals surface area contributed by atoms with Crippen molar-refractivity contribution in [2.45, 2.75) is 19.4 Å². The Kier molecular flexibility index (Phi) is 5.18. The van der Waals surface area contributed by atoms with Crippen molar-refractivity contribution >= 4 is 11.1 Å². The van der Waals surface area contributed by atoms with Gasteiger partial charge >= 0.3 is 5.76 Å². The summed E-state index contributed by atoms with van der Waals surface area (Å²) in [6, 6.07) is 7.52. The van der Waals surface area contributed by atoms with E-state index in [2.05, 4.69) is 5.32 Å². The van der Waals surface area contributed by atoms with Crippen LogP contribution in [0.1, 0.15) is 12.8 Å². The van der Waals surface area contributed by atoms with Crippen LogP contribution in [0.2, 0.25) is 0 Å². The molecule has 0 aliphatic heterocycles. The highest BCUT2D eigenvalue weighted by Crippen LogP contribution is 2.12. The smallest absolute Gasteiger partial charge is 0.408 e. The summed E-state index contributed by atoms with van der Waals surface area (Å²) in [5.41, 5.74) is 1.53. The standard InChI is InChI=1S/C14H20N2O3/c1-18-11-9-15-8-4-5-10-16-12-6-2-3-7-13(12)19-14(16)17/h2-3,6-7,15H,4-5,8-11H2,1H3. The normalized spacial score (nSPS) is 11.2. The van der Waals surface area contributed by atoms with E-state index in [1.807, 2.05) is 24.3 Å². The van der Waals surface area contributed by atoms with Gasteiger partial charge in [-0.25, -0.2) is 4.79 Å². The van der Waals surface area contributed by atoms with Gasteiger partial charge in [-0.05, 0) is 31.5 Å². The van der Waals surface area contributed by atoms with Gasteiger partial charge in [0, 0.05) is 20.2 Å². The van der Waals surface area contributed by atoms with Gasteiger partial charge in [0.2, 0.25) is 0 Å². The molecule has 0 atom stereocenters. The summed E-state index contributed by atoms with van der Waals surface area (Å²) in [7, 11) is 1.69. The molecule has 0 saturated heterocycles. The van der Waals surface area contributed by atoms with E-state index in [1.165, 1.54) is 0 Å². The van der Waals surface area contributed by atoms with Gasteiger partial charge in [-0.15, -0.1) is 0 Å². The first-order valence-corrected chi connectivity index (χ1v) is 6.61. The first kappa shape index (κ1) is 13.8. The largest absolute Gasteiger partial charge is 0.419 e. The molecular weight excluding hydrogens is 244 g/mol. The summed E-state index contributed by atoms with van der Waals surface area (Å²) >= 11 is 0. The number of fused-ring (bicyclic) bond motifs is 1. The minimum absolute atomic E-state index is 0.270. The highest BCUT2D eigenvalue weighted by atomic mass is 16.5. The predicted octanol–water partition coefficient (Wildman–Crippen LogP) is 1.61. The second kappa shape index (κ2) is 7.11. The molecule has 0 unspecified atom stereocenters. The van der Waals surface area contributed by atoms with Crippen LogP contribution >= 0.6 is 0 Å². The summed E-state index contributed by atoms with van der Waals surface area (Å²) < 4.78 is 11.8. The Labute approximate surface area is 112 Å². The first-order valence-electron chi connectivity index (χ1n) is 6.61. The average molecular weight is 264 g/mol. The van der Waals surface area contributed by atoms with Gasteiger partial charge in [0.15, 0.2) is 5.58 Å². The third kappa shape index (κ3) is 3.68. The number of aromatic nitrogens is 1. The van der Waals surface area contributed by atoms with E-state index >= 15 is 0 Å². The minimum Gasteiger partial charge on any atom is -0.408 e. The lowest BCUT2D eigenvalue weighted by Crippen LogP contribution is -2.21. The van der Waals surface area contributed by atoms with Gasteiger partial charge in [0.1, 0.15) is 0 Å². The molecule has 0 radical (unpaired) electrons. The number of hydrogen-bond donors (Lipinski definition) is 1. The number of benzene rings is 1. The first-order chi connectivity index (χ1) is 9.33. The van der Waals surface area contributed by atoms with Crippen molar-refractivity contribution < 1.29 is 9.15 Å². The minimum atomic E-state index is -0.270. The number of para-hydroxylation sites is 2. The van der Waals surface area contributed by atoms with Crippen LogP contribution in [0.3, 0.4) is 0 Å². The fraction of sp³-hybridized carbons (Fsp3) is 0.500. The summed E-state index contributed by atoms with van der Waals surface area (Å²) in [5.74, 6) is -0.270. The Hall–Kier alpha value is -1.59. The predicted molar refractivity (Wildman–Crippen MR) is 74.5 cm³/mol. The van der Waals surface area contributed by atoms with Gasteiger partial charge in [-0.2, -0.15) is 0 Å². The van der Waals surface area contributed by atoms with E-state index in [1.54, 1.807) is 11.7 Å². The third-order valence-corrected chi connectivity index (χ3v) is 3.04. The lowest BCUT2D eigenvalue weighted by molar-refractivity contribution is 0.199. The SMILES string of the molecule is COCCNCCCCn1c(=O)oc2ccccc21. The third-order valence-electron chi connectivity index (χ3n) is 3.04. The molecule has 0 aliphatic carbocycles. The maximum absolute atomic E-state index is 11.7. The molecule has 1 aromatic heterocycles. The summed E-state index contributed by atoms with van der Waals surface area (Å²) in [6.45, 7) is 3.23. The Balaban J connectivity index is 1.82. The van der Waals surface area contributed by atoms with Crippen LogP contribution < -0.4 is 11.1 Å². The van der Waals surface area contributed by atoms with Gasteiger partial charge in [-0.3, -0.25) is 4.57 Å². The zero-order valence-corrected chi connectivity index (χ0v) is 11.2.